The molecule has 2 N–H and O–H groups in total. The summed E-state index contributed by atoms with van der Waals surface area (Å²) in [7, 11) is 1.67. The van der Waals surface area contributed by atoms with Gasteiger partial charge in [0.15, 0.2) is 0 Å². The fraction of sp³-hybridized carbons (Fsp3) is 0.917. The molecule has 1 aliphatic heterocycles. The first-order chi connectivity index (χ1) is 8.24. The van der Waals surface area contributed by atoms with Crippen molar-refractivity contribution in [3.05, 3.63) is 0 Å². The fourth-order valence-corrected chi connectivity index (χ4v) is 1.94. The summed E-state index contributed by atoms with van der Waals surface area (Å²) in [5.41, 5.74) is 3.25. The fourth-order valence-electron chi connectivity index (χ4n) is 1.94. The van der Waals surface area contributed by atoms with Gasteiger partial charge in [0.05, 0.1) is 6.04 Å². The molecule has 17 heavy (non-hydrogen) atoms. The van der Waals surface area contributed by atoms with Crippen LogP contribution in [0.2, 0.25) is 0 Å². The van der Waals surface area contributed by atoms with Crippen LogP contribution >= 0.6 is 0 Å². The zero-order chi connectivity index (χ0) is 12.5. The molecule has 0 aliphatic carbocycles. The highest BCUT2D eigenvalue weighted by atomic mass is 16.5. The van der Waals surface area contributed by atoms with Crippen molar-refractivity contribution in [3.8, 4) is 0 Å². The number of hydrogen-bond acceptors (Lipinski definition) is 4. The van der Waals surface area contributed by atoms with Crippen LogP contribution in [-0.2, 0) is 9.53 Å². The lowest BCUT2D eigenvalue weighted by Gasteiger charge is -2.29. The summed E-state index contributed by atoms with van der Waals surface area (Å²) in [5.74, 6) is 0.0617. The summed E-state index contributed by atoms with van der Waals surface area (Å²) in [5, 5.41) is 5.05. The standard InChI is InChI=1S/C12H25N3O2/c1-11(12(16)13-7-6-10-17-2)14-15-8-4-3-5-9-15/h11,14H,3-10H2,1-2H3,(H,13,16). The predicted molar refractivity (Wildman–Crippen MR) is 67.5 cm³/mol. The quantitative estimate of drug-likeness (QED) is 0.640. The van der Waals surface area contributed by atoms with Crippen LogP contribution in [0, 0.1) is 0 Å². The number of hydrogen-bond donors (Lipinski definition) is 2. The van der Waals surface area contributed by atoms with Gasteiger partial charge in [0.25, 0.3) is 0 Å². The summed E-state index contributed by atoms with van der Waals surface area (Å²) in [6.07, 6.45) is 4.60. The van der Waals surface area contributed by atoms with E-state index in [1.165, 1.54) is 19.3 Å². The molecule has 0 bridgehead atoms. The first kappa shape index (κ1) is 14.4. The van der Waals surface area contributed by atoms with Crippen LogP contribution in [0.25, 0.3) is 0 Å². The van der Waals surface area contributed by atoms with E-state index in [0.717, 1.165) is 19.5 Å². The maximum Gasteiger partial charge on any atom is 0.238 e. The third-order valence-corrected chi connectivity index (χ3v) is 2.95. The highest BCUT2D eigenvalue weighted by Gasteiger charge is 2.17. The number of amides is 1. The average Bonchev–Trinajstić information content (AvgIpc) is 2.35. The van der Waals surface area contributed by atoms with Crippen molar-refractivity contribution in [2.75, 3.05) is 33.4 Å². The van der Waals surface area contributed by atoms with Crippen LogP contribution < -0.4 is 10.7 Å². The molecular formula is C12H25N3O2. The lowest BCUT2D eigenvalue weighted by molar-refractivity contribution is -0.124. The first-order valence-electron chi connectivity index (χ1n) is 6.52. The van der Waals surface area contributed by atoms with Gasteiger partial charge in [0.2, 0.25) is 5.91 Å². The largest absolute Gasteiger partial charge is 0.385 e. The van der Waals surface area contributed by atoms with Gasteiger partial charge in [-0.15, -0.1) is 0 Å². The highest BCUT2D eigenvalue weighted by molar-refractivity contribution is 5.81. The second-order valence-electron chi connectivity index (χ2n) is 4.54. The SMILES string of the molecule is COCCCNC(=O)C(C)NN1CCCCC1. The van der Waals surface area contributed by atoms with Crippen LogP contribution in [0.5, 0.6) is 0 Å². The number of nitrogens with zero attached hydrogens (tertiary/aromatic N) is 1. The van der Waals surface area contributed by atoms with Crippen molar-refractivity contribution in [1.82, 2.24) is 15.8 Å². The Morgan fingerprint density at radius 1 is 1.35 bits per heavy atom. The lowest BCUT2D eigenvalue weighted by atomic mass is 10.2. The third kappa shape index (κ3) is 6.00. The molecule has 0 spiro atoms. The van der Waals surface area contributed by atoms with Gasteiger partial charge in [-0.1, -0.05) is 6.42 Å². The van der Waals surface area contributed by atoms with Crippen LogP contribution in [0.1, 0.15) is 32.6 Å². The van der Waals surface area contributed by atoms with Gasteiger partial charge in [0.1, 0.15) is 0 Å². The van der Waals surface area contributed by atoms with E-state index >= 15 is 0 Å². The molecule has 5 heteroatoms. The van der Waals surface area contributed by atoms with Crippen LogP contribution in [0.4, 0.5) is 0 Å². The van der Waals surface area contributed by atoms with Crippen molar-refractivity contribution in [2.45, 2.75) is 38.6 Å². The van der Waals surface area contributed by atoms with Crippen LogP contribution in [-0.4, -0.2) is 50.3 Å². The minimum absolute atomic E-state index is 0.0617. The molecule has 1 atom stereocenters. The average molecular weight is 243 g/mol. The summed E-state index contributed by atoms with van der Waals surface area (Å²) in [6.45, 7) is 5.36. The van der Waals surface area contributed by atoms with Crippen molar-refractivity contribution in [3.63, 3.8) is 0 Å². The number of rotatable bonds is 7. The Kier molecular flexibility index (Phi) is 7.16. The molecule has 1 amide bonds. The zero-order valence-corrected chi connectivity index (χ0v) is 11.0. The summed E-state index contributed by atoms with van der Waals surface area (Å²) < 4.78 is 4.93. The molecule has 1 heterocycles. The molecule has 1 unspecified atom stereocenters. The minimum atomic E-state index is -0.157. The topological polar surface area (TPSA) is 53.6 Å². The maximum atomic E-state index is 11.7. The van der Waals surface area contributed by atoms with Gasteiger partial charge in [-0.25, -0.2) is 10.4 Å². The predicted octanol–water partition coefficient (Wildman–Crippen LogP) is 0.518. The minimum Gasteiger partial charge on any atom is -0.385 e. The first-order valence-corrected chi connectivity index (χ1v) is 6.52. The number of piperidine rings is 1. The Balaban J connectivity index is 2.12. The molecule has 1 saturated heterocycles. The molecule has 0 radical (unpaired) electrons. The molecule has 1 rings (SSSR count). The number of methoxy groups -OCH3 is 1. The Morgan fingerprint density at radius 2 is 2.06 bits per heavy atom. The smallest absolute Gasteiger partial charge is 0.238 e. The van der Waals surface area contributed by atoms with Crippen LogP contribution in [0.3, 0.4) is 0 Å². The Morgan fingerprint density at radius 3 is 2.71 bits per heavy atom. The number of carbonyl (C=O) groups excluding carboxylic acids is 1. The number of hydrazine groups is 1. The van der Waals surface area contributed by atoms with E-state index < -0.39 is 0 Å². The summed E-state index contributed by atoms with van der Waals surface area (Å²) in [6, 6.07) is -0.157. The summed E-state index contributed by atoms with van der Waals surface area (Å²) in [4.78, 5) is 11.7. The van der Waals surface area contributed by atoms with Crippen molar-refractivity contribution in [2.24, 2.45) is 0 Å². The highest BCUT2D eigenvalue weighted by Crippen LogP contribution is 2.06. The van der Waals surface area contributed by atoms with E-state index in [0.29, 0.717) is 13.2 Å². The molecule has 5 nitrogen and oxygen atoms in total. The molecular weight excluding hydrogens is 218 g/mol. The Bertz CT molecular complexity index is 218. The van der Waals surface area contributed by atoms with E-state index in [4.69, 9.17) is 4.74 Å². The number of carbonyl (C=O) groups is 1. The van der Waals surface area contributed by atoms with Gasteiger partial charge in [-0.05, 0) is 26.2 Å². The van der Waals surface area contributed by atoms with E-state index in [-0.39, 0.29) is 11.9 Å². The van der Waals surface area contributed by atoms with E-state index in [2.05, 4.69) is 15.8 Å². The molecule has 1 fully saturated rings. The van der Waals surface area contributed by atoms with Crippen molar-refractivity contribution >= 4 is 5.91 Å². The molecule has 0 aromatic heterocycles. The van der Waals surface area contributed by atoms with Gasteiger partial charge in [0, 0.05) is 33.4 Å². The third-order valence-electron chi connectivity index (χ3n) is 2.95. The molecule has 0 aromatic carbocycles. The monoisotopic (exact) mass is 243 g/mol. The second-order valence-corrected chi connectivity index (χ2v) is 4.54. The van der Waals surface area contributed by atoms with Gasteiger partial charge in [-0.3, -0.25) is 4.79 Å². The van der Waals surface area contributed by atoms with Gasteiger partial charge < -0.3 is 10.1 Å². The van der Waals surface area contributed by atoms with Crippen molar-refractivity contribution < 1.29 is 9.53 Å². The normalized spacial score (nSPS) is 18.9. The van der Waals surface area contributed by atoms with E-state index in [1.54, 1.807) is 7.11 Å². The Labute approximate surface area is 104 Å². The van der Waals surface area contributed by atoms with Gasteiger partial charge >= 0.3 is 0 Å². The molecule has 1 aliphatic rings. The van der Waals surface area contributed by atoms with E-state index in [1.807, 2.05) is 6.92 Å². The van der Waals surface area contributed by atoms with E-state index in [9.17, 15) is 4.79 Å². The second kappa shape index (κ2) is 8.44. The summed E-state index contributed by atoms with van der Waals surface area (Å²) >= 11 is 0. The number of ether oxygens (including phenoxy) is 1. The molecule has 100 valence electrons. The zero-order valence-electron chi connectivity index (χ0n) is 11.0. The van der Waals surface area contributed by atoms with Gasteiger partial charge in [-0.2, -0.15) is 0 Å². The maximum absolute atomic E-state index is 11.7. The number of nitrogens with one attached hydrogen (secondary N) is 2. The lowest BCUT2D eigenvalue weighted by Crippen LogP contribution is -2.52. The Hall–Kier alpha value is -0.650. The molecule has 0 aromatic rings. The molecule has 0 saturated carbocycles. The van der Waals surface area contributed by atoms with Crippen molar-refractivity contribution in [1.29, 1.82) is 0 Å². The van der Waals surface area contributed by atoms with Crippen LogP contribution in [0.15, 0.2) is 0 Å².